The molecule has 0 aliphatic carbocycles. The van der Waals surface area contributed by atoms with Gasteiger partial charge in [-0.05, 0) is 0 Å². The maximum atomic E-state index is 11.3. The second-order valence-electron chi connectivity index (χ2n) is 11.3. The summed E-state index contributed by atoms with van der Waals surface area (Å²) in [5.74, 6) is 4.44. The molecule has 194 valence electrons. The van der Waals surface area contributed by atoms with Crippen molar-refractivity contribution in [3.05, 3.63) is 144 Å². The summed E-state index contributed by atoms with van der Waals surface area (Å²) >= 11 is -4.00. The number of hydrogen-bond donors (Lipinski definition) is 0. The molecule has 0 aromatic heterocycles. The third kappa shape index (κ3) is 2.67. The molecule has 0 radical (unpaired) electrons. The molecule has 2 heterocycles. The SMILES string of the molecule is [CH3][Ge]1([CH3])[C@]2(c3ccccc3)C(c3ccccc3)=C(c3ccccc3)[C@@]1(c1ccccc1)C(C#N)(C#N)C2(C#N)C#N. The van der Waals surface area contributed by atoms with Gasteiger partial charge in [-0.25, -0.2) is 0 Å². The van der Waals surface area contributed by atoms with Crippen molar-refractivity contribution in [3.8, 4) is 24.3 Å². The van der Waals surface area contributed by atoms with Crippen LogP contribution in [0.4, 0.5) is 0 Å². The number of benzene rings is 4. The first-order valence-electron chi connectivity index (χ1n) is 13.5. The molecule has 6 rings (SSSR count). The third-order valence-corrected chi connectivity index (χ3v) is 21.5. The van der Waals surface area contributed by atoms with Crippen LogP contribution >= 0.6 is 0 Å². The van der Waals surface area contributed by atoms with Crippen LogP contribution in [-0.2, 0) is 8.49 Å². The van der Waals surface area contributed by atoms with E-state index < -0.39 is 32.6 Å². The number of rotatable bonds is 4. The summed E-state index contributed by atoms with van der Waals surface area (Å²) in [6, 6.07) is 49.0. The fourth-order valence-electron chi connectivity index (χ4n) is 8.63. The van der Waals surface area contributed by atoms with E-state index in [2.05, 4.69) is 35.8 Å². The van der Waals surface area contributed by atoms with Crippen molar-refractivity contribution in [1.82, 2.24) is 0 Å². The summed E-state index contributed by atoms with van der Waals surface area (Å²) < 4.78 is -2.38. The van der Waals surface area contributed by atoms with Gasteiger partial charge in [0, 0.05) is 0 Å². The zero-order valence-corrected chi connectivity index (χ0v) is 24.9. The van der Waals surface area contributed by atoms with Crippen LogP contribution in [0.5, 0.6) is 0 Å². The van der Waals surface area contributed by atoms with E-state index in [-0.39, 0.29) is 0 Å². The van der Waals surface area contributed by atoms with E-state index in [9.17, 15) is 21.0 Å². The molecule has 1 saturated heterocycles. The second kappa shape index (κ2) is 9.08. The minimum atomic E-state index is -4.00. The molecule has 0 amide bonds. The van der Waals surface area contributed by atoms with Crippen LogP contribution in [0.2, 0.25) is 11.5 Å². The van der Waals surface area contributed by atoms with Gasteiger partial charge in [-0.15, -0.1) is 0 Å². The zero-order chi connectivity index (χ0) is 28.9. The van der Waals surface area contributed by atoms with Crippen molar-refractivity contribution in [1.29, 1.82) is 21.0 Å². The van der Waals surface area contributed by atoms with Crippen molar-refractivity contribution in [2.45, 2.75) is 20.0 Å². The Balaban J connectivity index is 2.04. The molecule has 4 aromatic rings. The molecule has 41 heavy (non-hydrogen) atoms. The molecule has 0 saturated carbocycles. The van der Waals surface area contributed by atoms with Gasteiger partial charge in [0.1, 0.15) is 0 Å². The van der Waals surface area contributed by atoms with Gasteiger partial charge in [0.2, 0.25) is 0 Å². The van der Waals surface area contributed by atoms with Crippen molar-refractivity contribution in [2.75, 3.05) is 0 Å². The molecule has 2 aliphatic heterocycles. The molecule has 2 aliphatic rings. The van der Waals surface area contributed by atoms with E-state index in [0.29, 0.717) is 0 Å². The molecule has 0 N–H and O–H groups in total. The van der Waals surface area contributed by atoms with Gasteiger partial charge in [-0.1, -0.05) is 0 Å². The average Bonchev–Trinajstić information content (AvgIpc) is 3.32. The third-order valence-electron chi connectivity index (χ3n) is 9.77. The van der Waals surface area contributed by atoms with Crippen molar-refractivity contribution in [2.24, 2.45) is 10.8 Å². The fraction of sp³-hybridized carbons (Fsp3) is 0.167. The fourth-order valence-corrected chi connectivity index (χ4v) is 22.5. The van der Waals surface area contributed by atoms with E-state index in [1.54, 1.807) is 0 Å². The first kappa shape index (κ1) is 26.4. The normalized spacial score (nSPS) is 24.4. The Morgan fingerprint density at radius 3 is 0.976 bits per heavy atom. The maximum absolute atomic E-state index is 11.3. The monoisotopic (exact) mass is 588 g/mol. The molecular weight excluding hydrogens is 561 g/mol. The molecule has 4 aromatic carbocycles. The van der Waals surface area contributed by atoms with Crippen LogP contribution in [0, 0.1) is 56.2 Å². The molecule has 2 bridgehead atoms. The van der Waals surface area contributed by atoms with Gasteiger partial charge in [0.25, 0.3) is 0 Å². The summed E-state index contributed by atoms with van der Waals surface area (Å²) in [6.45, 7) is 0. The molecule has 5 heteroatoms. The molecule has 0 unspecified atom stereocenters. The molecular formula is C36H26GeN4. The van der Waals surface area contributed by atoms with Gasteiger partial charge in [0.15, 0.2) is 0 Å². The standard InChI is InChI=1S/C36H26GeN4/c1-37(2)35(29-19-11-5-12-20-29)31(27-15-7-3-8-16-27)32(28-17-9-4-10-18-28)36(37,30-21-13-6-14-22-30)34(25-40,26-41)33(35,23-38)24-39/h3-22H,1-2H3/t35-,36+. The molecule has 0 spiro atoms. The summed E-state index contributed by atoms with van der Waals surface area (Å²) in [4.78, 5) is 0. The Bertz CT molecular complexity index is 1690. The van der Waals surface area contributed by atoms with E-state index in [0.717, 1.165) is 33.4 Å². The van der Waals surface area contributed by atoms with Crippen molar-refractivity contribution >= 4 is 24.4 Å². The van der Waals surface area contributed by atoms with Crippen molar-refractivity contribution < 1.29 is 0 Å². The Kier molecular flexibility index (Phi) is 5.83. The number of fused-ring (bicyclic) bond motifs is 2. The number of nitriles is 4. The quantitative estimate of drug-likeness (QED) is 0.233. The first-order chi connectivity index (χ1) is 19.9. The van der Waals surface area contributed by atoms with Crippen LogP contribution in [0.15, 0.2) is 121 Å². The molecule has 1 fully saturated rings. The Morgan fingerprint density at radius 2 is 0.707 bits per heavy atom. The zero-order valence-electron chi connectivity index (χ0n) is 22.8. The average molecular weight is 587 g/mol. The minimum absolute atomic E-state index is 0.811. The summed E-state index contributed by atoms with van der Waals surface area (Å²) in [5.41, 5.74) is 1.19. The molecule has 2 atom stereocenters. The predicted octanol–water partition coefficient (Wildman–Crippen LogP) is 7.35. The predicted molar refractivity (Wildman–Crippen MR) is 161 cm³/mol. The topological polar surface area (TPSA) is 95.2 Å². The van der Waals surface area contributed by atoms with Crippen LogP contribution in [0.3, 0.4) is 0 Å². The van der Waals surface area contributed by atoms with Crippen LogP contribution in [0.25, 0.3) is 11.1 Å². The van der Waals surface area contributed by atoms with Crippen LogP contribution < -0.4 is 0 Å². The van der Waals surface area contributed by atoms with E-state index in [1.165, 1.54) is 0 Å². The van der Waals surface area contributed by atoms with E-state index >= 15 is 0 Å². The Morgan fingerprint density at radius 1 is 0.439 bits per heavy atom. The second-order valence-corrected chi connectivity index (χ2v) is 21.3. The van der Waals surface area contributed by atoms with Crippen molar-refractivity contribution in [3.63, 3.8) is 0 Å². The van der Waals surface area contributed by atoms with Gasteiger partial charge < -0.3 is 0 Å². The Labute approximate surface area is 243 Å². The van der Waals surface area contributed by atoms with Gasteiger partial charge in [-0.3, -0.25) is 0 Å². The summed E-state index contributed by atoms with van der Waals surface area (Å²) in [6.07, 6.45) is 0. The molecule has 4 nitrogen and oxygen atoms in total. The van der Waals surface area contributed by atoms with E-state index in [1.807, 2.05) is 121 Å². The summed E-state index contributed by atoms with van der Waals surface area (Å²) in [7, 11) is 0. The van der Waals surface area contributed by atoms with Crippen LogP contribution in [-0.4, -0.2) is 13.3 Å². The van der Waals surface area contributed by atoms with Gasteiger partial charge in [-0.2, -0.15) is 0 Å². The van der Waals surface area contributed by atoms with Gasteiger partial charge >= 0.3 is 244 Å². The van der Waals surface area contributed by atoms with E-state index in [4.69, 9.17) is 0 Å². The summed E-state index contributed by atoms with van der Waals surface area (Å²) in [5, 5.41) is 45.2. The number of nitrogens with zero attached hydrogens (tertiary/aromatic N) is 4. The Hall–Kier alpha value is -4.88. The number of hydrogen-bond acceptors (Lipinski definition) is 4. The number of allylic oxidation sites excluding steroid dienone is 2. The van der Waals surface area contributed by atoms with Gasteiger partial charge in [0.05, 0.1) is 0 Å². The first-order valence-corrected chi connectivity index (χ1v) is 19.8. The van der Waals surface area contributed by atoms with Crippen LogP contribution in [0.1, 0.15) is 22.3 Å².